The van der Waals surface area contributed by atoms with E-state index in [0.29, 0.717) is 13.1 Å². The molecular formula is C16H21NO4. The molecule has 1 atom stereocenters. The lowest BCUT2D eigenvalue weighted by molar-refractivity contribution is -0.137. The summed E-state index contributed by atoms with van der Waals surface area (Å²) < 4.78 is 5.39. The van der Waals surface area contributed by atoms with E-state index < -0.39 is 17.7 Å². The van der Waals surface area contributed by atoms with Crippen LogP contribution in [-0.4, -0.2) is 34.2 Å². The predicted octanol–water partition coefficient (Wildman–Crippen LogP) is 3.00. The first kappa shape index (κ1) is 15.4. The average Bonchev–Trinajstić information content (AvgIpc) is 2.36. The smallest absolute Gasteiger partial charge is 0.410 e. The summed E-state index contributed by atoms with van der Waals surface area (Å²) in [5, 5.41) is 9.07. The summed E-state index contributed by atoms with van der Waals surface area (Å²) in [7, 11) is 0. The summed E-state index contributed by atoms with van der Waals surface area (Å²) in [6.45, 7) is 6.28. The van der Waals surface area contributed by atoms with Gasteiger partial charge in [0.2, 0.25) is 0 Å². The van der Waals surface area contributed by atoms with Crippen molar-refractivity contribution in [1.29, 1.82) is 0 Å². The Kier molecular flexibility index (Phi) is 4.21. The van der Waals surface area contributed by atoms with E-state index in [1.165, 1.54) is 0 Å². The molecule has 0 fully saturated rings. The molecule has 0 radical (unpaired) electrons. The van der Waals surface area contributed by atoms with Crippen molar-refractivity contribution in [3.8, 4) is 0 Å². The zero-order valence-electron chi connectivity index (χ0n) is 12.6. The Hall–Kier alpha value is -2.04. The molecule has 2 rings (SSSR count). The van der Waals surface area contributed by atoms with E-state index >= 15 is 0 Å². The second-order valence-electron chi connectivity index (χ2n) is 6.35. The number of benzene rings is 1. The van der Waals surface area contributed by atoms with Crippen molar-refractivity contribution in [1.82, 2.24) is 4.90 Å². The van der Waals surface area contributed by atoms with Crippen molar-refractivity contribution in [3.05, 3.63) is 35.4 Å². The number of amides is 1. The topological polar surface area (TPSA) is 66.8 Å². The predicted molar refractivity (Wildman–Crippen MR) is 78.1 cm³/mol. The summed E-state index contributed by atoms with van der Waals surface area (Å²) >= 11 is 0. The van der Waals surface area contributed by atoms with Crippen LogP contribution >= 0.6 is 0 Å². The van der Waals surface area contributed by atoms with Crippen LogP contribution in [0.1, 0.15) is 44.2 Å². The van der Waals surface area contributed by atoms with E-state index in [0.717, 1.165) is 11.1 Å². The van der Waals surface area contributed by atoms with E-state index in [-0.39, 0.29) is 12.3 Å². The van der Waals surface area contributed by atoms with Crippen LogP contribution in [0, 0.1) is 0 Å². The van der Waals surface area contributed by atoms with Crippen LogP contribution in [0.3, 0.4) is 0 Å². The van der Waals surface area contributed by atoms with Crippen molar-refractivity contribution in [2.24, 2.45) is 0 Å². The number of carbonyl (C=O) groups is 2. The minimum atomic E-state index is -0.860. The van der Waals surface area contributed by atoms with Gasteiger partial charge in [0, 0.05) is 19.0 Å². The Morgan fingerprint density at radius 1 is 1.33 bits per heavy atom. The van der Waals surface area contributed by atoms with Crippen molar-refractivity contribution >= 4 is 12.1 Å². The molecule has 5 nitrogen and oxygen atoms in total. The lowest BCUT2D eigenvalue weighted by atomic mass is 9.88. The van der Waals surface area contributed by atoms with E-state index in [4.69, 9.17) is 9.84 Å². The van der Waals surface area contributed by atoms with Crippen LogP contribution in [0.5, 0.6) is 0 Å². The molecule has 114 valence electrons. The third-order valence-electron chi connectivity index (χ3n) is 3.37. The fourth-order valence-electron chi connectivity index (χ4n) is 2.56. The standard InChI is InChI=1S/C16H21NO4/c1-16(2,3)21-15(20)17-9-11-6-4-5-7-13(11)12(10-17)8-14(18)19/h4-7,12H,8-10H2,1-3H3,(H,18,19). The van der Waals surface area contributed by atoms with Crippen molar-refractivity contribution in [2.75, 3.05) is 6.54 Å². The first-order chi connectivity index (χ1) is 9.76. The van der Waals surface area contributed by atoms with E-state index in [1.807, 2.05) is 45.0 Å². The number of aliphatic carboxylic acids is 1. The lowest BCUT2D eigenvalue weighted by Crippen LogP contribution is -2.41. The minimum absolute atomic E-state index is 0.0102. The van der Waals surface area contributed by atoms with Crippen molar-refractivity contribution < 1.29 is 19.4 Å². The summed E-state index contributed by atoms with van der Waals surface area (Å²) in [5.41, 5.74) is 1.44. The quantitative estimate of drug-likeness (QED) is 0.909. The largest absolute Gasteiger partial charge is 0.481 e. The molecule has 1 aromatic rings. The molecule has 0 bridgehead atoms. The first-order valence-corrected chi connectivity index (χ1v) is 7.04. The molecule has 0 aromatic heterocycles. The van der Waals surface area contributed by atoms with Gasteiger partial charge in [-0.3, -0.25) is 4.79 Å². The Bertz CT molecular complexity index is 547. The van der Waals surface area contributed by atoms with E-state index in [9.17, 15) is 9.59 Å². The van der Waals surface area contributed by atoms with Gasteiger partial charge in [-0.1, -0.05) is 24.3 Å². The van der Waals surface area contributed by atoms with Crippen LogP contribution < -0.4 is 0 Å². The molecule has 1 aliphatic rings. The fourth-order valence-corrected chi connectivity index (χ4v) is 2.56. The lowest BCUT2D eigenvalue weighted by Gasteiger charge is -2.35. The SMILES string of the molecule is CC(C)(C)OC(=O)N1Cc2ccccc2C(CC(=O)O)C1. The number of nitrogens with zero attached hydrogens (tertiary/aromatic N) is 1. The number of carboxylic acids is 1. The highest BCUT2D eigenvalue weighted by Crippen LogP contribution is 2.31. The number of rotatable bonds is 2. The maximum atomic E-state index is 12.2. The van der Waals surface area contributed by atoms with Gasteiger partial charge in [-0.25, -0.2) is 4.79 Å². The molecule has 1 heterocycles. The monoisotopic (exact) mass is 291 g/mol. The molecule has 5 heteroatoms. The Balaban J connectivity index is 2.21. The highest BCUT2D eigenvalue weighted by molar-refractivity contribution is 5.71. The van der Waals surface area contributed by atoms with Crippen molar-refractivity contribution in [3.63, 3.8) is 0 Å². The van der Waals surface area contributed by atoms with Gasteiger partial charge in [0.25, 0.3) is 0 Å². The number of carbonyl (C=O) groups excluding carboxylic acids is 1. The molecule has 0 saturated heterocycles. The highest BCUT2D eigenvalue weighted by Gasteiger charge is 2.31. The van der Waals surface area contributed by atoms with Crippen LogP contribution in [-0.2, 0) is 16.1 Å². The number of carboxylic acid groups (broad SMARTS) is 1. The third kappa shape index (κ3) is 3.97. The maximum Gasteiger partial charge on any atom is 0.410 e. The van der Waals surface area contributed by atoms with Crippen LogP contribution in [0.2, 0.25) is 0 Å². The average molecular weight is 291 g/mol. The molecule has 1 amide bonds. The van der Waals surface area contributed by atoms with Gasteiger partial charge in [0.05, 0.1) is 6.42 Å². The highest BCUT2D eigenvalue weighted by atomic mass is 16.6. The Morgan fingerprint density at radius 2 is 2.00 bits per heavy atom. The zero-order valence-corrected chi connectivity index (χ0v) is 12.6. The second kappa shape index (κ2) is 5.76. The number of hydrogen-bond donors (Lipinski definition) is 1. The molecule has 0 aliphatic carbocycles. The van der Waals surface area contributed by atoms with Crippen LogP contribution in [0.15, 0.2) is 24.3 Å². The summed E-state index contributed by atoms with van der Waals surface area (Å²) in [5.74, 6) is -1.05. The van der Waals surface area contributed by atoms with E-state index in [2.05, 4.69) is 0 Å². The van der Waals surface area contributed by atoms with E-state index in [1.54, 1.807) is 4.90 Å². The maximum absolute atomic E-state index is 12.2. The normalized spacial score (nSPS) is 18.0. The van der Waals surface area contributed by atoms with Gasteiger partial charge < -0.3 is 14.7 Å². The number of hydrogen-bond acceptors (Lipinski definition) is 3. The molecule has 0 saturated carbocycles. The zero-order chi connectivity index (χ0) is 15.6. The van der Waals surface area contributed by atoms with Crippen molar-refractivity contribution in [2.45, 2.75) is 45.3 Å². The fraction of sp³-hybridized carbons (Fsp3) is 0.500. The second-order valence-corrected chi connectivity index (χ2v) is 6.35. The Labute approximate surface area is 124 Å². The molecule has 1 N–H and O–H groups in total. The molecule has 0 spiro atoms. The van der Waals surface area contributed by atoms with Gasteiger partial charge in [0.15, 0.2) is 0 Å². The Morgan fingerprint density at radius 3 is 2.62 bits per heavy atom. The molecule has 1 aliphatic heterocycles. The number of ether oxygens (including phenoxy) is 1. The van der Waals surface area contributed by atoms with Gasteiger partial charge in [0.1, 0.15) is 5.60 Å². The summed E-state index contributed by atoms with van der Waals surface area (Å²) in [6, 6.07) is 7.67. The molecule has 1 aromatic carbocycles. The van der Waals surface area contributed by atoms with Gasteiger partial charge >= 0.3 is 12.1 Å². The van der Waals surface area contributed by atoms with Crippen LogP contribution in [0.4, 0.5) is 4.79 Å². The summed E-state index contributed by atoms with van der Waals surface area (Å²) in [6.07, 6.45) is -0.386. The minimum Gasteiger partial charge on any atom is -0.481 e. The molecule has 1 unspecified atom stereocenters. The first-order valence-electron chi connectivity index (χ1n) is 7.04. The van der Waals surface area contributed by atoms with Gasteiger partial charge in [-0.2, -0.15) is 0 Å². The van der Waals surface area contributed by atoms with Gasteiger partial charge in [-0.05, 0) is 31.9 Å². The number of fused-ring (bicyclic) bond motifs is 1. The molecular weight excluding hydrogens is 270 g/mol. The summed E-state index contributed by atoms with van der Waals surface area (Å²) in [4.78, 5) is 24.8. The van der Waals surface area contributed by atoms with Crippen LogP contribution in [0.25, 0.3) is 0 Å². The molecule has 21 heavy (non-hydrogen) atoms. The van der Waals surface area contributed by atoms with Gasteiger partial charge in [-0.15, -0.1) is 0 Å². The third-order valence-corrected chi connectivity index (χ3v) is 3.37.